The zero-order valence-corrected chi connectivity index (χ0v) is 20.8. The van der Waals surface area contributed by atoms with Crippen LogP contribution in [0.25, 0.3) is 0 Å². The maximum Gasteiger partial charge on any atom is 0.341 e. The molecule has 1 aromatic heterocycles. The van der Waals surface area contributed by atoms with Crippen LogP contribution >= 0.6 is 11.3 Å². The topological polar surface area (TPSA) is 93.7 Å². The maximum absolute atomic E-state index is 12.6. The highest BCUT2D eigenvalue weighted by Crippen LogP contribution is 2.40. The summed E-state index contributed by atoms with van der Waals surface area (Å²) in [6, 6.07) is 14.1. The van der Waals surface area contributed by atoms with Crippen LogP contribution in [0.4, 0.5) is 10.7 Å². The van der Waals surface area contributed by atoms with E-state index < -0.39 is 5.97 Å². The molecule has 8 heteroatoms. The largest absolute Gasteiger partial charge is 0.484 e. The first-order chi connectivity index (χ1) is 16.9. The summed E-state index contributed by atoms with van der Waals surface area (Å²) in [5.41, 5.74) is 3.65. The van der Waals surface area contributed by atoms with Gasteiger partial charge in [0.05, 0.1) is 12.7 Å². The fourth-order valence-corrected chi connectivity index (χ4v) is 5.49. The average molecular weight is 493 g/mol. The van der Waals surface area contributed by atoms with E-state index in [0.717, 1.165) is 41.0 Å². The highest BCUT2D eigenvalue weighted by Gasteiger charge is 2.28. The molecule has 0 saturated carbocycles. The van der Waals surface area contributed by atoms with Crippen molar-refractivity contribution in [1.29, 1.82) is 0 Å². The Kier molecular flexibility index (Phi) is 7.51. The summed E-state index contributed by atoms with van der Waals surface area (Å²) >= 11 is 1.43. The number of nitrogens with one attached hydrogen (secondary N) is 2. The number of esters is 1. The van der Waals surface area contributed by atoms with Crippen molar-refractivity contribution < 1.29 is 23.9 Å². The van der Waals surface area contributed by atoms with Crippen LogP contribution in [-0.4, -0.2) is 31.5 Å². The Balaban J connectivity index is 1.37. The van der Waals surface area contributed by atoms with Gasteiger partial charge in [0, 0.05) is 16.1 Å². The molecule has 0 radical (unpaired) electrons. The van der Waals surface area contributed by atoms with Crippen molar-refractivity contribution in [1.82, 2.24) is 0 Å². The molecule has 7 nitrogen and oxygen atoms in total. The molecule has 1 atom stereocenters. The first kappa shape index (κ1) is 24.5. The molecule has 3 aromatic rings. The number of aryl methyl sites for hydroxylation is 1. The van der Waals surface area contributed by atoms with Gasteiger partial charge >= 0.3 is 5.97 Å². The summed E-state index contributed by atoms with van der Waals surface area (Å²) in [5, 5.41) is 6.21. The van der Waals surface area contributed by atoms with Crippen molar-refractivity contribution in [3.63, 3.8) is 0 Å². The number of hydrogen-bond donors (Lipinski definition) is 2. The Hall–Kier alpha value is -3.65. The Bertz CT molecular complexity index is 1250. The van der Waals surface area contributed by atoms with Gasteiger partial charge in [-0.2, -0.15) is 0 Å². The number of benzene rings is 2. The summed E-state index contributed by atoms with van der Waals surface area (Å²) in [7, 11) is 1.34. The van der Waals surface area contributed by atoms with E-state index in [9.17, 15) is 14.4 Å². The second-order valence-electron chi connectivity index (χ2n) is 8.68. The van der Waals surface area contributed by atoms with Crippen LogP contribution in [0.3, 0.4) is 0 Å². The third-order valence-corrected chi connectivity index (χ3v) is 7.20. The van der Waals surface area contributed by atoms with Gasteiger partial charge in [0.1, 0.15) is 10.8 Å². The van der Waals surface area contributed by atoms with Gasteiger partial charge in [-0.1, -0.05) is 25.1 Å². The minimum atomic E-state index is -0.437. The molecule has 0 bridgehead atoms. The second kappa shape index (κ2) is 10.7. The molecule has 1 heterocycles. The predicted octanol–water partition coefficient (Wildman–Crippen LogP) is 5.24. The van der Waals surface area contributed by atoms with Crippen LogP contribution in [0.15, 0.2) is 48.5 Å². The number of fused-ring (bicyclic) bond motifs is 1. The van der Waals surface area contributed by atoms with Gasteiger partial charge in [-0.05, 0) is 73.6 Å². The predicted molar refractivity (Wildman–Crippen MR) is 137 cm³/mol. The number of para-hydroxylation sites is 1. The first-order valence-corrected chi connectivity index (χ1v) is 12.3. The van der Waals surface area contributed by atoms with Gasteiger partial charge in [0.25, 0.3) is 11.8 Å². The molecular formula is C27H28N2O5S. The molecule has 0 saturated heterocycles. The van der Waals surface area contributed by atoms with Crippen LogP contribution in [0.1, 0.15) is 50.1 Å². The summed E-state index contributed by atoms with van der Waals surface area (Å²) in [5.74, 6) is -0.0358. The average Bonchev–Trinajstić information content (AvgIpc) is 3.20. The Morgan fingerprint density at radius 2 is 1.80 bits per heavy atom. The van der Waals surface area contributed by atoms with Crippen LogP contribution in [0.5, 0.6) is 5.75 Å². The fourth-order valence-electron chi connectivity index (χ4n) is 4.08. The van der Waals surface area contributed by atoms with Crippen LogP contribution < -0.4 is 15.4 Å². The van der Waals surface area contributed by atoms with Crippen molar-refractivity contribution in [2.24, 2.45) is 5.92 Å². The van der Waals surface area contributed by atoms with Crippen molar-refractivity contribution in [2.75, 3.05) is 24.4 Å². The standard InChI is InChI=1S/C27H28N2O5S/c1-16-8-13-20-22(14-16)35-26(24(20)27(32)33-3)29-23(30)15-34-19-11-9-18(10-12-19)25(31)28-21-7-5-4-6-17(21)2/h4-7,9-12,16H,8,13-15H2,1-3H3,(H,28,31)(H,29,30). The zero-order chi connectivity index (χ0) is 24.9. The van der Waals surface area contributed by atoms with E-state index in [1.165, 1.54) is 18.4 Å². The zero-order valence-electron chi connectivity index (χ0n) is 20.0. The third-order valence-electron chi connectivity index (χ3n) is 6.03. The summed E-state index contributed by atoms with van der Waals surface area (Å²) in [4.78, 5) is 38.6. The number of methoxy groups -OCH3 is 1. The number of carbonyl (C=O) groups excluding carboxylic acids is 3. The molecular weight excluding hydrogens is 464 g/mol. The van der Waals surface area contributed by atoms with Gasteiger partial charge in [0.15, 0.2) is 6.61 Å². The quantitative estimate of drug-likeness (QED) is 0.440. The minimum absolute atomic E-state index is 0.227. The van der Waals surface area contributed by atoms with E-state index in [4.69, 9.17) is 9.47 Å². The van der Waals surface area contributed by atoms with Crippen molar-refractivity contribution >= 4 is 39.8 Å². The van der Waals surface area contributed by atoms with Gasteiger partial charge in [-0.15, -0.1) is 11.3 Å². The monoisotopic (exact) mass is 492 g/mol. The van der Waals surface area contributed by atoms with Crippen molar-refractivity contribution in [3.05, 3.63) is 75.7 Å². The van der Waals surface area contributed by atoms with Crippen LogP contribution in [-0.2, 0) is 22.4 Å². The van der Waals surface area contributed by atoms with E-state index >= 15 is 0 Å². The molecule has 1 aliphatic rings. The molecule has 182 valence electrons. The molecule has 4 rings (SSSR count). The van der Waals surface area contributed by atoms with E-state index in [1.54, 1.807) is 24.3 Å². The lowest BCUT2D eigenvalue weighted by molar-refractivity contribution is -0.118. The summed E-state index contributed by atoms with van der Waals surface area (Å²) in [6.45, 7) is 3.89. The van der Waals surface area contributed by atoms with E-state index in [1.807, 2.05) is 31.2 Å². The highest BCUT2D eigenvalue weighted by molar-refractivity contribution is 7.17. The molecule has 0 spiro atoms. The lowest BCUT2D eigenvalue weighted by Crippen LogP contribution is -2.21. The molecule has 35 heavy (non-hydrogen) atoms. The second-order valence-corrected chi connectivity index (χ2v) is 9.78. The van der Waals surface area contributed by atoms with E-state index in [0.29, 0.717) is 27.8 Å². The lowest BCUT2D eigenvalue weighted by Gasteiger charge is -2.18. The number of amides is 2. The smallest absolute Gasteiger partial charge is 0.341 e. The maximum atomic E-state index is 12.6. The number of hydrogen-bond acceptors (Lipinski definition) is 6. The van der Waals surface area contributed by atoms with Crippen molar-refractivity contribution in [2.45, 2.75) is 33.1 Å². The Morgan fingerprint density at radius 3 is 2.51 bits per heavy atom. The normalized spacial score (nSPS) is 14.5. The molecule has 2 N–H and O–H groups in total. The van der Waals surface area contributed by atoms with Gasteiger partial charge in [-0.25, -0.2) is 4.79 Å². The summed E-state index contributed by atoms with van der Waals surface area (Å²) in [6.07, 6.45) is 2.69. The molecule has 0 aliphatic heterocycles. The van der Waals surface area contributed by atoms with Gasteiger partial charge in [-0.3, -0.25) is 9.59 Å². The van der Waals surface area contributed by atoms with Crippen LogP contribution in [0, 0.1) is 12.8 Å². The molecule has 2 aromatic carbocycles. The first-order valence-electron chi connectivity index (χ1n) is 11.5. The van der Waals surface area contributed by atoms with Crippen molar-refractivity contribution in [3.8, 4) is 5.75 Å². The minimum Gasteiger partial charge on any atom is -0.484 e. The number of ether oxygens (including phenoxy) is 2. The number of thiophene rings is 1. The molecule has 1 aliphatic carbocycles. The van der Waals surface area contributed by atoms with Gasteiger partial charge < -0.3 is 20.1 Å². The molecule has 1 unspecified atom stereocenters. The fraction of sp³-hybridized carbons (Fsp3) is 0.296. The third kappa shape index (κ3) is 5.71. The number of carbonyl (C=O) groups is 3. The number of rotatable bonds is 7. The summed E-state index contributed by atoms with van der Waals surface area (Å²) < 4.78 is 10.6. The molecule has 0 fully saturated rings. The highest BCUT2D eigenvalue weighted by atomic mass is 32.1. The van der Waals surface area contributed by atoms with E-state index in [2.05, 4.69) is 17.6 Å². The Morgan fingerprint density at radius 1 is 1.06 bits per heavy atom. The van der Waals surface area contributed by atoms with E-state index in [-0.39, 0.29) is 18.4 Å². The SMILES string of the molecule is COC(=O)c1c(NC(=O)COc2ccc(C(=O)Nc3ccccc3C)cc2)sc2c1CCC(C)C2. The lowest BCUT2D eigenvalue weighted by atomic mass is 9.88. The molecule has 2 amide bonds. The number of anilines is 2. The Labute approximate surface area is 208 Å². The van der Waals surface area contributed by atoms with Gasteiger partial charge in [0.2, 0.25) is 0 Å². The van der Waals surface area contributed by atoms with Crippen LogP contribution in [0.2, 0.25) is 0 Å².